The van der Waals surface area contributed by atoms with Crippen molar-refractivity contribution in [2.24, 2.45) is 0 Å². The lowest BCUT2D eigenvalue weighted by Crippen LogP contribution is -2.19. The normalized spacial score (nSPS) is 11.8. The van der Waals surface area contributed by atoms with Crippen LogP contribution in [0.2, 0.25) is 0 Å². The molecule has 0 saturated heterocycles. The van der Waals surface area contributed by atoms with Crippen molar-refractivity contribution < 1.29 is 14.3 Å². The summed E-state index contributed by atoms with van der Waals surface area (Å²) in [5.74, 6) is -0.414. The number of benzene rings is 1. The fourth-order valence-corrected chi connectivity index (χ4v) is 3.38. The largest absolute Gasteiger partial charge is 0.612 e. The quantitative estimate of drug-likeness (QED) is 0.451. The number of hydrogen-bond donors (Lipinski definition) is 1. The van der Waals surface area contributed by atoms with Crippen LogP contribution in [-0.2, 0) is 17.6 Å². The number of carbonyl (C=O) groups is 1. The Balaban J connectivity index is 2.36. The molecule has 0 aliphatic rings. The van der Waals surface area contributed by atoms with E-state index in [1.165, 1.54) is 18.4 Å². The highest BCUT2D eigenvalue weighted by Gasteiger charge is 2.23. The van der Waals surface area contributed by atoms with Crippen LogP contribution >= 0.6 is 0 Å². The summed E-state index contributed by atoms with van der Waals surface area (Å²) in [4.78, 5) is 28.0. The van der Waals surface area contributed by atoms with E-state index in [9.17, 15) is 19.5 Å². The molecular weight excluding hydrogens is 354 g/mol. The van der Waals surface area contributed by atoms with E-state index in [-0.39, 0.29) is 5.69 Å². The van der Waals surface area contributed by atoms with Crippen molar-refractivity contribution in [2.75, 3.05) is 11.6 Å². The summed E-state index contributed by atoms with van der Waals surface area (Å²) in [6, 6.07) is 5.96. The van der Waals surface area contributed by atoms with Gasteiger partial charge in [0.1, 0.15) is 11.8 Å². The number of unbranched alkanes of at least 4 members (excludes halogenated alkanes) is 1. The predicted molar refractivity (Wildman–Crippen MR) is 101 cm³/mol. The fourth-order valence-electron chi connectivity index (χ4n) is 2.63. The molecule has 138 valence electrons. The molecule has 1 heterocycles. The molecule has 0 aliphatic heterocycles. The highest BCUT2D eigenvalue weighted by Crippen LogP contribution is 2.24. The Hall–Kier alpha value is -2.45. The molecule has 0 radical (unpaired) electrons. The van der Waals surface area contributed by atoms with Crippen molar-refractivity contribution in [1.82, 2.24) is 4.98 Å². The highest BCUT2D eigenvalue weighted by molar-refractivity contribution is 7.90. The standard InChI is InChI=1S/C18H21N3O4S/c1-4-5-6-14-17(16(26(3)25)9-10-19-14)18(22)20-13-7-8-15(21(23)24)12(2)11-13/h7-11H,4-6H2,1-3H3,(H,20,22). The molecule has 1 aromatic carbocycles. The van der Waals surface area contributed by atoms with Gasteiger partial charge in [0.2, 0.25) is 0 Å². The van der Waals surface area contributed by atoms with E-state index in [4.69, 9.17) is 0 Å². The topological polar surface area (TPSA) is 108 Å². The van der Waals surface area contributed by atoms with Crippen LogP contribution in [0.15, 0.2) is 35.4 Å². The number of carbonyl (C=O) groups excluding carboxylic acids is 1. The van der Waals surface area contributed by atoms with Gasteiger partial charge in [0.05, 0.1) is 10.6 Å². The molecule has 0 spiro atoms. The number of anilines is 1. The van der Waals surface area contributed by atoms with Crippen molar-refractivity contribution in [3.8, 4) is 0 Å². The molecular formula is C18H21N3O4S. The fraction of sp³-hybridized carbons (Fsp3) is 0.333. The SMILES string of the molecule is CCCCc1nccc([S+](C)[O-])c1C(=O)Nc1ccc([N+](=O)[O-])c(C)c1. The molecule has 2 rings (SSSR count). The van der Waals surface area contributed by atoms with Crippen LogP contribution < -0.4 is 5.32 Å². The molecule has 1 unspecified atom stereocenters. The highest BCUT2D eigenvalue weighted by atomic mass is 32.2. The number of hydrogen-bond acceptors (Lipinski definition) is 5. The molecule has 0 fully saturated rings. The molecule has 1 N–H and O–H groups in total. The number of aryl methyl sites for hydroxylation is 2. The molecule has 1 aromatic heterocycles. The van der Waals surface area contributed by atoms with Gasteiger partial charge < -0.3 is 9.87 Å². The van der Waals surface area contributed by atoms with Gasteiger partial charge in [0.25, 0.3) is 11.6 Å². The number of nitro benzene ring substituents is 1. The third-order valence-corrected chi connectivity index (χ3v) is 4.91. The summed E-state index contributed by atoms with van der Waals surface area (Å²) >= 11 is -1.34. The van der Waals surface area contributed by atoms with Gasteiger partial charge in [-0.1, -0.05) is 13.3 Å². The van der Waals surface area contributed by atoms with Gasteiger partial charge in [-0.3, -0.25) is 19.9 Å². The van der Waals surface area contributed by atoms with E-state index >= 15 is 0 Å². The smallest absolute Gasteiger partial charge is 0.272 e. The Morgan fingerprint density at radius 2 is 2.08 bits per heavy atom. The second-order valence-electron chi connectivity index (χ2n) is 5.90. The van der Waals surface area contributed by atoms with E-state index in [1.807, 2.05) is 6.92 Å². The van der Waals surface area contributed by atoms with Gasteiger partial charge in [-0.2, -0.15) is 0 Å². The second-order valence-corrected chi connectivity index (χ2v) is 7.25. The van der Waals surface area contributed by atoms with Crippen LogP contribution in [0.3, 0.4) is 0 Å². The first kappa shape index (κ1) is 19.9. The Labute approximate surface area is 155 Å². The van der Waals surface area contributed by atoms with Crippen LogP contribution in [0, 0.1) is 17.0 Å². The van der Waals surface area contributed by atoms with E-state index < -0.39 is 22.0 Å². The third kappa shape index (κ3) is 4.59. The molecule has 2 aromatic rings. The minimum absolute atomic E-state index is 0.0108. The number of nitro groups is 1. The van der Waals surface area contributed by atoms with Crippen molar-refractivity contribution in [3.05, 3.63) is 57.4 Å². The molecule has 0 bridgehead atoms. The number of aromatic nitrogens is 1. The van der Waals surface area contributed by atoms with E-state index in [0.717, 1.165) is 12.8 Å². The maximum absolute atomic E-state index is 12.8. The number of amides is 1. The lowest BCUT2D eigenvalue weighted by atomic mass is 10.1. The summed E-state index contributed by atoms with van der Waals surface area (Å²) in [5.41, 5.74) is 1.80. The zero-order valence-electron chi connectivity index (χ0n) is 14.9. The van der Waals surface area contributed by atoms with Crippen LogP contribution in [0.4, 0.5) is 11.4 Å². The van der Waals surface area contributed by atoms with Gasteiger partial charge in [-0.15, -0.1) is 0 Å². The average molecular weight is 375 g/mol. The lowest BCUT2D eigenvalue weighted by molar-refractivity contribution is -0.385. The van der Waals surface area contributed by atoms with Crippen molar-refractivity contribution >= 4 is 28.5 Å². The maximum atomic E-state index is 12.8. The first-order chi connectivity index (χ1) is 12.3. The second kappa shape index (κ2) is 8.77. The van der Waals surface area contributed by atoms with Crippen LogP contribution in [0.5, 0.6) is 0 Å². The van der Waals surface area contributed by atoms with Gasteiger partial charge in [0, 0.05) is 29.6 Å². The number of pyridine rings is 1. The zero-order chi connectivity index (χ0) is 19.3. The van der Waals surface area contributed by atoms with Crippen LogP contribution in [0.25, 0.3) is 0 Å². The monoisotopic (exact) mass is 375 g/mol. The number of rotatable bonds is 7. The molecule has 0 saturated carbocycles. The Morgan fingerprint density at radius 1 is 1.35 bits per heavy atom. The number of nitrogens with one attached hydrogen (secondary N) is 1. The van der Waals surface area contributed by atoms with Crippen molar-refractivity contribution in [3.63, 3.8) is 0 Å². The van der Waals surface area contributed by atoms with E-state index in [2.05, 4.69) is 10.3 Å². The van der Waals surface area contributed by atoms with Gasteiger partial charge in [-0.25, -0.2) is 0 Å². The summed E-state index contributed by atoms with van der Waals surface area (Å²) in [6.07, 6.45) is 5.51. The molecule has 1 amide bonds. The molecule has 8 heteroatoms. The predicted octanol–water partition coefficient (Wildman–Crippen LogP) is 3.63. The minimum Gasteiger partial charge on any atom is -0.612 e. The molecule has 1 atom stereocenters. The summed E-state index contributed by atoms with van der Waals surface area (Å²) in [7, 11) is 0. The van der Waals surface area contributed by atoms with Crippen molar-refractivity contribution in [2.45, 2.75) is 38.0 Å². The first-order valence-corrected chi connectivity index (χ1v) is 9.78. The zero-order valence-corrected chi connectivity index (χ0v) is 15.8. The van der Waals surface area contributed by atoms with Crippen LogP contribution in [0.1, 0.15) is 41.4 Å². The van der Waals surface area contributed by atoms with E-state index in [1.54, 1.807) is 25.3 Å². The van der Waals surface area contributed by atoms with E-state index in [0.29, 0.717) is 33.8 Å². The van der Waals surface area contributed by atoms with Crippen molar-refractivity contribution in [1.29, 1.82) is 0 Å². The summed E-state index contributed by atoms with van der Waals surface area (Å²) in [6.45, 7) is 3.65. The molecule has 26 heavy (non-hydrogen) atoms. The Morgan fingerprint density at radius 3 is 2.65 bits per heavy atom. The summed E-state index contributed by atoms with van der Waals surface area (Å²) in [5, 5.41) is 13.7. The van der Waals surface area contributed by atoms with Gasteiger partial charge in [-0.05, 0) is 43.1 Å². The molecule has 0 aliphatic carbocycles. The third-order valence-electron chi connectivity index (χ3n) is 3.95. The Kier molecular flexibility index (Phi) is 6.70. The summed E-state index contributed by atoms with van der Waals surface area (Å²) < 4.78 is 12.1. The molecule has 7 nitrogen and oxygen atoms in total. The van der Waals surface area contributed by atoms with Gasteiger partial charge in [0.15, 0.2) is 4.90 Å². The maximum Gasteiger partial charge on any atom is 0.272 e. The van der Waals surface area contributed by atoms with Gasteiger partial charge >= 0.3 is 0 Å². The minimum atomic E-state index is -1.34. The van der Waals surface area contributed by atoms with Crippen LogP contribution in [-0.4, -0.2) is 26.6 Å². The first-order valence-electron chi connectivity index (χ1n) is 8.22. The Bertz CT molecular complexity index is 824. The lowest BCUT2D eigenvalue weighted by Gasteiger charge is -2.14. The average Bonchev–Trinajstić information content (AvgIpc) is 2.59. The number of nitrogens with zero attached hydrogens (tertiary/aromatic N) is 2.